The van der Waals surface area contributed by atoms with E-state index in [1.54, 1.807) is 0 Å². The molecule has 0 bridgehead atoms. The van der Waals surface area contributed by atoms with Gasteiger partial charge in [0.25, 0.3) is 0 Å². The minimum Gasteiger partial charge on any atom is -0.464 e. The van der Waals surface area contributed by atoms with E-state index in [1.807, 2.05) is 0 Å². The Morgan fingerprint density at radius 2 is 1.85 bits per heavy atom. The van der Waals surface area contributed by atoms with Crippen molar-refractivity contribution >= 4 is 28.5 Å². The standard InChI is InChI=1S/C10H5F2N3O4S/c11-5-1-4(2-13-3-5)7-14-6(12)8(20-7)15(9(16)17)10(18)19/h1-3H,(H,16,17)(H,18,19). The van der Waals surface area contributed by atoms with Gasteiger partial charge in [0.15, 0.2) is 5.00 Å². The number of nitrogens with zero attached hydrogens (tertiary/aromatic N) is 3. The van der Waals surface area contributed by atoms with Gasteiger partial charge in [-0.1, -0.05) is 11.3 Å². The first-order valence-corrected chi connectivity index (χ1v) is 5.75. The molecule has 0 fully saturated rings. The van der Waals surface area contributed by atoms with Crippen LogP contribution in [0.1, 0.15) is 0 Å². The Morgan fingerprint density at radius 3 is 2.40 bits per heavy atom. The monoisotopic (exact) mass is 301 g/mol. The number of imide groups is 1. The van der Waals surface area contributed by atoms with Gasteiger partial charge in [-0.25, -0.2) is 19.0 Å². The van der Waals surface area contributed by atoms with Crippen LogP contribution in [0.15, 0.2) is 18.5 Å². The maximum absolute atomic E-state index is 13.6. The van der Waals surface area contributed by atoms with Crippen molar-refractivity contribution in [1.82, 2.24) is 9.97 Å². The predicted molar refractivity (Wildman–Crippen MR) is 63.8 cm³/mol. The van der Waals surface area contributed by atoms with Gasteiger partial charge in [0, 0.05) is 11.8 Å². The average Bonchev–Trinajstić information content (AvgIpc) is 2.71. The zero-order valence-electron chi connectivity index (χ0n) is 9.45. The molecule has 0 radical (unpaired) electrons. The molecule has 2 amide bonds. The molecule has 0 aliphatic rings. The molecule has 2 aromatic heterocycles. The highest BCUT2D eigenvalue weighted by molar-refractivity contribution is 7.19. The molecule has 7 nitrogen and oxygen atoms in total. The van der Waals surface area contributed by atoms with Gasteiger partial charge in [0.1, 0.15) is 10.8 Å². The van der Waals surface area contributed by atoms with Gasteiger partial charge in [-0.05, 0) is 6.07 Å². The number of carbonyl (C=O) groups is 2. The molecule has 0 saturated carbocycles. The summed E-state index contributed by atoms with van der Waals surface area (Å²) in [5.41, 5.74) is 0.107. The number of hydrogen-bond donors (Lipinski definition) is 2. The van der Waals surface area contributed by atoms with Crippen molar-refractivity contribution in [2.75, 3.05) is 4.90 Å². The molecule has 2 heterocycles. The van der Waals surface area contributed by atoms with Crippen LogP contribution in [-0.4, -0.2) is 32.4 Å². The van der Waals surface area contributed by atoms with Gasteiger partial charge in [-0.3, -0.25) is 4.98 Å². The number of hydrogen-bond acceptors (Lipinski definition) is 5. The van der Waals surface area contributed by atoms with Crippen molar-refractivity contribution in [2.45, 2.75) is 0 Å². The summed E-state index contributed by atoms with van der Waals surface area (Å²) in [6.07, 6.45) is -1.63. The minimum absolute atomic E-state index is 0.0861. The molecule has 0 aliphatic heterocycles. The number of amides is 2. The predicted octanol–water partition coefficient (Wildman–Crippen LogP) is 2.65. The summed E-state index contributed by atoms with van der Waals surface area (Å²) in [4.78, 5) is 28.3. The molecule has 10 heteroatoms. The molecular weight excluding hydrogens is 296 g/mol. The van der Waals surface area contributed by atoms with E-state index in [4.69, 9.17) is 10.2 Å². The van der Waals surface area contributed by atoms with Crippen LogP contribution in [0.4, 0.5) is 23.4 Å². The second-order valence-corrected chi connectivity index (χ2v) is 4.38. The number of aromatic nitrogens is 2. The van der Waals surface area contributed by atoms with E-state index in [0.717, 1.165) is 12.3 Å². The van der Waals surface area contributed by atoms with Gasteiger partial charge in [-0.15, -0.1) is 0 Å². The average molecular weight is 301 g/mol. The highest BCUT2D eigenvalue weighted by Gasteiger charge is 2.29. The lowest BCUT2D eigenvalue weighted by molar-refractivity contribution is 0.184. The maximum atomic E-state index is 13.6. The van der Waals surface area contributed by atoms with E-state index in [9.17, 15) is 18.4 Å². The smallest absolute Gasteiger partial charge is 0.422 e. The minimum atomic E-state index is -1.87. The van der Waals surface area contributed by atoms with Crippen LogP contribution in [0.3, 0.4) is 0 Å². The molecule has 0 unspecified atom stereocenters. The first-order chi connectivity index (χ1) is 9.40. The van der Waals surface area contributed by atoms with Gasteiger partial charge in [-0.2, -0.15) is 9.29 Å². The Balaban J connectivity index is 2.49. The lowest BCUT2D eigenvalue weighted by atomic mass is 10.3. The molecule has 0 spiro atoms. The van der Waals surface area contributed by atoms with Crippen molar-refractivity contribution in [1.29, 1.82) is 0 Å². The first-order valence-electron chi connectivity index (χ1n) is 4.93. The van der Waals surface area contributed by atoms with E-state index in [-0.39, 0.29) is 15.5 Å². The van der Waals surface area contributed by atoms with Gasteiger partial charge in [0.05, 0.1) is 6.20 Å². The van der Waals surface area contributed by atoms with E-state index >= 15 is 0 Å². The summed E-state index contributed by atoms with van der Waals surface area (Å²) in [5.74, 6) is -1.97. The summed E-state index contributed by atoms with van der Waals surface area (Å²) < 4.78 is 26.6. The topological polar surface area (TPSA) is 104 Å². The number of pyridine rings is 1. The number of carboxylic acid groups (broad SMARTS) is 2. The van der Waals surface area contributed by atoms with Crippen LogP contribution in [0, 0.1) is 11.8 Å². The quantitative estimate of drug-likeness (QED) is 0.883. The number of halogens is 2. The SMILES string of the molecule is O=C(O)N(C(=O)O)c1sc(-c2cncc(F)c2)nc1F. The molecule has 0 aliphatic carbocycles. The van der Waals surface area contributed by atoms with E-state index in [1.165, 1.54) is 6.20 Å². The Hall–Kier alpha value is -2.62. The summed E-state index contributed by atoms with van der Waals surface area (Å²) in [6, 6.07) is 1.01. The third-order valence-corrected chi connectivity index (χ3v) is 3.17. The molecule has 2 N–H and O–H groups in total. The number of anilines is 1. The van der Waals surface area contributed by atoms with Gasteiger partial charge in [0.2, 0.25) is 5.95 Å². The van der Waals surface area contributed by atoms with Crippen molar-refractivity contribution in [2.24, 2.45) is 0 Å². The van der Waals surface area contributed by atoms with Crippen LogP contribution < -0.4 is 4.90 Å². The van der Waals surface area contributed by atoms with E-state index in [0.29, 0.717) is 11.3 Å². The van der Waals surface area contributed by atoms with Crippen LogP contribution in [-0.2, 0) is 0 Å². The molecule has 104 valence electrons. The summed E-state index contributed by atoms with van der Waals surface area (Å²) in [5, 5.41) is 16.7. The van der Waals surface area contributed by atoms with E-state index < -0.39 is 29.0 Å². The largest absolute Gasteiger partial charge is 0.464 e. The highest BCUT2D eigenvalue weighted by Crippen LogP contribution is 2.33. The molecule has 20 heavy (non-hydrogen) atoms. The van der Waals surface area contributed by atoms with Crippen molar-refractivity contribution < 1.29 is 28.6 Å². The Morgan fingerprint density at radius 1 is 1.20 bits per heavy atom. The molecule has 2 aromatic rings. The Kier molecular flexibility index (Phi) is 3.57. The second-order valence-electron chi connectivity index (χ2n) is 3.41. The third-order valence-electron chi connectivity index (χ3n) is 2.11. The molecule has 0 atom stereocenters. The van der Waals surface area contributed by atoms with Crippen LogP contribution >= 0.6 is 11.3 Å². The van der Waals surface area contributed by atoms with Gasteiger partial charge < -0.3 is 10.2 Å². The Labute approximate surface area is 113 Å². The lowest BCUT2D eigenvalue weighted by Crippen LogP contribution is -2.34. The van der Waals surface area contributed by atoms with Crippen molar-refractivity contribution in [3.05, 3.63) is 30.2 Å². The fourth-order valence-corrected chi connectivity index (χ4v) is 2.25. The summed E-state index contributed by atoms with van der Waals surface area (Å²) in [7, 11) is 0. The second kappa shape index (κ2) is 5.17. The lowest BCUT2D eigenvalue weighted by Gasteiger charge is -2.09. The van der Waals surface area contributed by atoms with Crippen molar-refractivity contribution in [3.8, 4) is 10.6 Å². The summed E-state index contributed by atoms with van der Waals surface area (Å²) in [6.45, 7) is 0. The molecule has 2 rings (SSSR count). The Bertz CT molecular complexity index is 677. The number of rotatable bonds is 2. The normalized spacial score (nSPS) is 10.3. The third kappa shape index (κ3) is 2.54. The summed E-state index contributed by atoms with van der Waals surface area (Å²) >= 11 is 0.458. The van der Waals surface area contributed by atoms with Crippen LogP contribution in [0.5, 0.6) is 0 Å². The molecule has 0 saturated heterocycles. The fourth-order valence-electron chi connectivity index (χ4n) is 1.34. The maximum Gasteiger partial charge on any atom is 0.422 e. The first kappa shape index (κ1) is 13.8. The van der Waals surface area contributed by atoms with Crippen LogP contribution in [0.2, 0.25) is 0 Å². The number of thiazole rings is 1. The highest BCUT2D eigenvalue weighted by atomic mass is 32.1. The van der Waals surface area contributed by atoms with E-state index in [2.05, 4.69) is 9.97 Å². The molecular formula is C10H5F2N3O4S. The van der Waals surface area contributed by atoms with Gasteiger partial charge >= 0.3 is 12.2 Å². The zero-order valence-corrected chi connectivity index (χ0v) is 10.3. The van der Waals surface area contributed by atoms with Crippen LogP contribution in [0.25, 0.3) is 10.6 Å². The van der Waals surface area contributed by atoms with Crippen molar-refractivity contribution in [3.63, 3.8) is 0 Å². The fraction of sp³-hybridized carbons (Fsp3) is 0. The molecule has 0 aromatic carbocycles. The zero-order chi connectivity index (χ0) is 14.9.